The summed E-state index contributed by atoms with van der Waals surface area (Å²) in [6.45, 7) is 1.47. The van der Waals surface area contributed by atoms with Crippen molar-refractivity contribution < 1.29 is 9.47 Å². The van der Waals surface area contributed by atoms with Crippen molar-refractivity contribution in [2.24, 2.45) is 0 Å². The SMILES string of the molecule is COc1ccccc1-c1cnc2c(c1)OCCN2. The number of anilines is 1. The molecule has 0 amide bonds. The van der Waals surface area contributed by atoms with E-state index in [4.69, 9.17) is 9.47 Å². The lowest BCUT2D eigenvalue weighted by atomic mass is 10.1. The normalized spacial score (nSPS) is 13.2. The van der Waals surface area contributed by atoms with E-state index in [1.54, 1.807) is 7.11 Å². The molecular weight excluding hydrogens is 228 g/mol. The molecule has 92 valence electrons. The van der Waals surface area contributed by atoms with Crippen LogP contribution in [0.5, 0.6) is 11.5 Å². The number of fused-ring (bicyclic) bond motifs is 1. The summed E-state index contributed by atoms with van der Waals surface area (Å²) in [5.74, 6) is 2.44. The third kappa shape index (κ3) is 1.86. The molecule has 1 aromatic carbocycles. The zero-order valence-electron chi connectivity index (χ0n) is 10.1. The molecule has 1 aromatic heterocycles. The fourth-order valence-electron chi connectivity index (χ4n) is 2.05. The van der Waals surface area contributed by atoms with Crippen molar-refractivity contribution in [3.05, 3.63) is 36.5 Å². The second-order valence-corrected chi connectivity index (χ2v) is 4.05. The number of rotatable bonds is 2. The Bertz CT molecular complexity index is 569. The molecule has 0 radical (unpaired) electrons. The predicted octanol–water partition coefficient (Wildman–Crippen LogP) is 2.56. The number of methoxy groups -OCH3 is 1. The van der Waals surface area contributed by atoms with Crippen LogP contribution in [0.3, 0.4) is 0 Å². The topological polar surface area (TPSA) is 43.4 Å². The molecule has 0 unspecified atom stereocenters. The standard InChI is InChI=1S/C14H14N2O2/c1-17-12-5-3-2-4-11(12)10-8-13-14(16-9-10)15-6-7-18-13/h2-5,8-9H,6-7H2,1H3,(H,15,16). The number of ether oxygens (including phenoxy) is 2. The number of benzene rings is 1. The number of nitrogens with one attached hydrogen (secondary N) is 1. The molecule has 0 spiro atoms. The van der Waals surface area contributed by atoms with E-state index >= 15 is 0 Å². The van der Waals surface area contributed by atoms with Crippen LogP contribution in [0.4, 0.5) is 5.82 Å². The summed E-state index contributed by atoms with van der Waals surface area (Å²) in [6, 6.07) is 9.88. The van der Waals surface area contributed by atoms with E-state index < -0.39 is 0 Å². The quantitative estimate of drug-likeness (QED) is 0.879. The summed E-state index contributed by atoms with van der Waals surface area (Å²) in [7, 11) is 1.67. The fraction of sp³-hybridized carbons (Fsp3) is 0.214. The zero-order valence-corrected chi connectivity index (χ0v) is 10.1. The second-order valence-electron chi connectivity index (χ2n) is 4.05. The highest BCUT2D eigenvalue weighted by Crippen LogP contribution is 2.34. The Hall–Kier alpha value is -2.23. The first kappa shape index (κ1) is 10.9. The molecule has 1 aliphatic rings. The van der Waals surface area contributed by atoms with Crippen LogP contribution in [-0.2, 0) is 0 Å². The average molecular weight is 242 g/mol. The minimum atomic E-state index is 0.671. The predicted molar refractivity (Wildman–Crippen MR) is 70.2 cm³/mol. The summed E-state index contributed by atoms with van der Waals surface area (Å²) in [4.78, 5) is 4.38. The van der Waals surface area contributed by atoms with Gasteiger partial charge in [-0.15, -0.1) is 0 Å². The maximum atomic E-state index is 5.59. The van der Waals surface area contributed by atoms with Gasteiger partial charge in [0.05, 0.1) is 13.7 Å². The molecule has 0 saturated carbocycles. The molecule has 18 heavy (non-hydrogen) atoms. The van der Waals surface area contributed by atoms with Gasteiger partial charge in [0.15, 0.2) is 11.6 Å². The lowest BCUT2D eigenvalue weighted by molar-refractivity contribution is 0.321. The van der Waals surface area contributed by atoms with Crippen LogP contribution in [0, 0.1) is 0 Å². The van der Waals surface area contributed by atoms with Gasteiger partial charge >= 0.3 is 0 Å². The Morgan fingerprint density at radius 3 is 3.11 bits per heavy atom. The summed E-state index contributed by atoms with van der Waals surface area (Å²) >= 11 is 0. The molecule has 1 N–H and O–H groups in total. The van der Waals surface area contributed by atoms with Crippen LogP contribution in [0.2, 0.25) is 0 Å². The number of nitrogens with zero attached hydrogens (tertiary/aromatic N) is 1. The Kier molecular flexibility index (Phi) is 2.76. The van der Waals surface area contributed by atoms with E-state index in [0.717, 1.165) is 35.0 Å². The molecule has 4 nitrogen and oxygen atoms in total. The molecule has 2 heterocycles. The molecular formula is C14H14N2O2. The first-order chi connectivity index (χ1) is 8.88. The molecule has 0 saturated heterocycles. The highest BCUT2D eigenvalue weighted by atomic mass is 16.5. The smallest absolute Gasteiger partial charge is 0.168 e. The summed E-state index contributed by atoms with van der Waals surface area (Å²) < 4.78 is 11.0. The first-order valence-electron chi connectivity index (χ1n) is 5.88. The van der Waals surface area contributed by atoms with Crippen molar-refractivity contribution in [1.29, 1.82) is 0 Å². The van der Waals surface area contributed by atoms with Crippen molar-refractivity contribution in [3.63, 3.8) is 0 Å². The molecule has 2 aromatic rings. The van der Waals surface area contributed by atoms with Crippen LogP contribution in [0.15, 0.2) is 36.5 Å². The van der Waals surface area contributed by atoms with E-state index in [-0.39, 0.29) is 0 Å². The molecule has 1 aliphatic heterocycles. The number of hydrogen-bond acceptors (Lipinski definition) is 4. The lowest BCUT2D eigenvalue weighted by Gasteiger charge is -2.19. The number of hydrogen-bond donors (Lipinski definition) is 1. The number of para-hydroxylation sites is 1. The number of pyridine rings is 1. The Morgan fingerprint density at radius 2 is 2.22 bits per heavy atom. The highest BCUT2D eigenvalue weighted by Gasteiger charge is 2.13. The minimum Gasteiger partial charge on any atom is -0.496 e. The molecule has 4 heteroatoms. The highest BCUT2D eigenvalue weighted by molar-refractivity contribution is 5.73. The van der Waals surface area contributed by atoms with E-state index in [1.165, 1.54) is 0 Å². The maximum absolute atomic E-state index is 5.59. The lowest BCUT2D eigenvalue weighted by Crippen LogP contribution is -2.18. The third-order valence-corrected chi connectivity index (χ3v) is 2.92. The summed E-state index contributed by atoms with van der Waals surface area (Å²) in [5, 5.41) is 3.20. The maximum Gasteiger partial charge on any atom is 0.168 e. The van der Waals surface area contributed by atoms with Gasteiger partial charge in [0, 0.05) is 17.3 Å². The van der Waals surface area contributed by atoms with E-state index in [1.807, 2.05) is 36.5 Å². The van der Waals surface area contributed by atoms with Crippen LogP contribution in [0.25, 0.3) is 11.1 Å². The summed E-state index contributed by atoms with van der Waals surface area (Å²) in [6.07, 6.45) is 1.83. The molecule has 0 atom stereocenters. The van der Waals surface area contributed by atoms with Crippen LogP contribution in [-0.4, -0.2) is 25.2 Å². The Balaban J connectivity index is 2.06. The second kappa shape index (κ2) is 4.56. The van der Waals surface area contributed by atoms with Crippen molar-refractivity contribution in [1.82, 2.24) is 4.98 Å². The zero-order chi connectivity index (χ0) is 12.4. The average Bonchev–Trinajstić information content (AvgIpc) is 2.46. The molecule has 3 rings (SSSR count). The Labute approximate surface area is 106 Å². The van der Waals surface area contributed by atoms with Crippen molar-refractivity contribution >= 4 is 5.82 Å². The van der Waals surface area contributed by atoms with Gasteiger partial charge in [-0.05, 0) is 12.1 Å². The van der Waals surface area contributed by atoms with E-state index in [9.17, 15) is 0 Å². The molecule has 0 aliphatic carbocycles. The monoisotopic (exact) mass is 242 g/mol. The summed E-state index contributed by atoms with van der Waals surface area (Å²) in [5.41, 5.74) is 2.01. The first-order valence-corrected chi connectivity index (χ1v) is 5.88. The van der Waals surface area contributed by atoms with E-state index in [0.29, 0.717) is 6.61 Å². The van der Waals surface area contributed by atoms with Gasteiger partial charge in [-0.25, -0.2) is 4.98 Å². The van der Waals surface area contributed by atoms with Crippen molar-refractivity contribution in [3.8, 4) is 22.6 Å². The van der Waals surface area contributed by atoms with Crippen LogP contribution in [0.1, 0.15) is 0 Å². The van der Waals surface area contributed by atoms with Gasteiger partial charge in [0.25, 0.3) is 0 Å². The van der Waals surface area contributed by atoms with Gasteiger partial charge in [-0.3, -0.25) is 0 Å². The van der Waals surface area contributed by atoms with Gasteiger partial charge in [-0.1, -0.05) is 18.2 Å². The van der Waals surface area contributed by atoms with E-state index in [2.05, 4.69) is 10.3 Å². The van der Waals surface area contributed by atoms with Crippen molar-refractivity contribution in [2.45, 2.75) is 0 Å². The minimum absolute atomic E-state index is 0.671. The number of aromatic nitrogens is 1. The van der Waals surface area contributed by atoms with Gasteiger partial charge in [0.1, 0.15) is 12.4 Å². The Morgan fingerprint density at radius 1 is 1.33 bits per heavy atom. The van der Waals surface area contributed by atoms with Crippen molar-refractivity contribution in [2.75, 3.05) is 25.6 Å². The largest absolute Gasteiger partial charge is 0.496 e. The van der Waals surface area contributed by atoms with Gasteiger partial charge in [-0.2, -0.15) is 0 Å². The van der Waals surface area contributed by atoms with Crippen LogP contribution >= 0.6 is 0 Å². The van der Waals surface area contributed by atoms with Gasteiger partial charge < -0.3 is 14.8 Å². The fourth-order valence-corrected chi connectivity index (χ4v) is 2.05. The van der Waals surface area contributed by atoms with Crippen LogP contribution < -0.4 is 14.8 Å². The molecule has 0 bridgehead atoms. The molecule has 0 fully saturated rings. The third-order valence-electron chi connectivity index (χ3n) is 2.92. The van der Waals surface area contributed by atoms with Gasteiger partial charge in [0.2, 0.25) is 0 Å².